The van der Waals surface area contributed by atoms with Gasteiger partial charge in [-0.25, -0.2) is 28.4 Å². The number of hydrogen-bond acceptors (Lipinski definition) is 10. The van der Waals surface area contributed by atoms with E-state index in [9.17, 15) is 8.42 Å². The number of aromatic nitrogens is 6. The Hall–Kier alpha value is -3.13. The summed E-state index contributed by atoms with van der Waals surface area (Å²) in [4.78, 5) is 20.7. The number of sulfone groups is 1. The van der Waals surface area contributed by atoms with Crippen molar-refractivity contribution < 1.29 is 22.6 Å². The van der Waals surface area contributed by atoms with Crippen molar-refractivity contribution in [3.63, 3.8) is 0 Å². The van der Waals surface area contributed by atoms with Crippen LogP contribution in [0, 0.1) is 0 Å². The molecule has 0 saturated carbocycles. The van der Waals surface area contributed by atoms with Crippen LogP contribution in [0.5, 0.6) is 0 Å². The Balaban J connectivity index is 1.10. The Kier molecular flexibility index (Phi) is 6.83. The number of aryl methyl sites for hydroxylation is 1. The highest BCUT2D eigenvalue weighted by Crippen LogP contribution is 2.44. The fourth-order valence-electron chi connectivity index (χ4n) is 5.67. The zero-order valence-corrected chi connectivity index (χ0v) is 24.8. The quantitative estimate of drug-likeness (QED) is 0.294. The maximum Gasteiger partial charge on any atom is 0.167 e. The zero-order chi connectivity index (χ0) is 29.2. The molecule has 4 aromatic rings. The molecular weight excluding hydrogens is 546 g/mol. The highest BCUT2D eigenvalue weighted by molar-refractivity contribution is 7.91. The first-order valence-electron chi connectivity index (χ1n) is 13.9. The van der Waals surface area contributed by atoms with Gasteiger partial charge in [0, 0.05) is 6.42 Å². The summed E-state index contributed by atoms with van der Waals surface area (Å²) in [6.45, 7) is 10.2. The topological polar surface area (TPSA) is 160 Å². The van der Waals surface area contributed by atoms with Gasteiger partial charge in [-0.3, -0.25) is 4.57 Å². The Morgan fingerprint density at radius 1 is 1.10 bits per heavy atom. The van der Waals surface area contributed by atoms with Crippen LogP contribution in [-0.4, -0.2) is 73.5 Å². The second-order valence-electron chi connectivity index (χ2n) is 12.4. The maximum absolute atomic E-state index is 13.2. The predicted octanol–water partition coefficient (Wildman–Crippen LogP) is 3.44. The lowest BCUT2D eigenvalue weighted by molar-refractivity contribution is -0.193. The highest BCUT2D eigenvalue weighted by atomic mass is 32.2. The molecule has 6 rings (SSSR count). The maximum atomic E-state index is 13.2. The summed E-state index contributed by atoms with van der Waals surface area (Å²) in [5, 5.41) is 0. The molecule has 0 radical (unpaired) electrons. The summed E-state index contributed by atoms with van der Waals surface area (Å²) in [5.41, 5.74) is 10.1. The van der Waals surface area contributed by atoms with Crippen molar-refractivity contribution in [2.24, 2.45) is 0 Å². The van der Waals surface area contributed by atoms with Crippen molar-refractivity contribution in [2.45, 2.75) is 89.6 Å². The van der Waals surface area contributed by atoms with Crippen LogP contribution in [-0.2, 0) is 35.9 Å². The van der Waals surface area contributed by atoms with Gasteiger partial charge in [0.05, 0.1) is 28.9 Å². The molecule has 2 aliphatic heterocycles. The number of fused-ring (bicyclic) bond motifs is 3. The van der Waals surface area contributed by atoms with Crippen LogP contribution < -0.4 is 5.73 Å². The van der Waals surface area contributed by atoms with Crippen LogP contribution in [0.3, 0.4) is 0 Å². The summed E-state index contributed by atoms with van der Waals surface area (Å²) in [7, 11) is -3.45. The van der Waals surface area contributed by atoms with Gasteiger partial charge in [0.1, 0.15) is 36.0 Å². The molecule has 5 heterocycles. The molecule has 0 amide bonds. The molecule has 0 spiro atoms. The van der Waals surface area contributed by atoms with E-state index in [0.717, 1.165) is 16.9 Å². The van der Waals surface area contributed by atoms with E-state index in [0.29, 0.717) is 30.4 Å². The Morgan fingerprint density at radius 3 is 2.66 bits per heavy atom. The van der Waals surface area contributed by atoms with Gasteiger partial charge >= 0.3 is 0 Å². The van der Waals surface area contributed by atoms with Gasteiger partial charge < -0.3 is 24.9 Å². The fourth-order valence-corrected chi connectivity index (χ4v) is 7.25. The zero-order valence-electron chi connectivity index (χ0n) is 24.0. The van der Waals surface area contributed by atoms with E-state index in [1.54, 1.807) is 10.9 Å². The third-order valence-electron chi connectivity index (χ3n) is 7.72. The van der Waals surface area contributed by atoms with Gasteiger partial charge in [-0.1, -0.05) is 26.8 Å². The van der Waals surface area contributed by atoms with E-state index in [1.165, 1.54) is 11.9 Å². The van der Waals surface area contributed by atoms with E-state index in [-0.39, 0.29) is 22.7 Å². The first kappa shape index (κ1) is 28.0. The second-order valence-corrected chi connectivity index (χ2v) is 14.7. The fraction of sp³-hybridized carbons (Fsp3) is 0.571. The number of nitrogens with one attached hydrogen (secondary N) is 1. The van der Waals surface area contributed by atoms with Crippen molar-refractivity contribution in [3.05, 3.63) is 42.2 Å². The van der Waals surface area contributed by atoms with Crippen molar-refractivity contribution in [1.29, 1.82) is 0 Å². The molecule has 3 aromatic heterocycles. The van der Waals surface area contributed by atoms with Crippen LogP contribution in [0.4, 0.5) is 5.82 Å². The number of benzene rings is 1. The molecule has 220 valence electrons. The minimum Gasteiger partial charge on any atom is -0.382 e. The van der Waals surface area contributed by atoms with E-state index >= 15 is 0 Å². The number of nitrogens with two attached hydrogens (primary N) is 1. The van der Waals surface area contributed by atoms with Gasteiger partial charge in [-0.05, 0) is 49.8 Å². The van der Waals surface area contributed by atoms with Gasteiger partial charge in [0.2, 0.25) is 0 Å². The molecule has 12 nitrogen and oxygen atoms in total. The average molecular weight is 584 g/mol. The smallest absolute Gasteiger partial charge is 0.167 e. The van der Waals surface area contributed by atoms with Gasteiger partial charge in [0.15, 0.2) is 33.3 Å². The van der Waals surface area contributed by atoms with Crippen LogP contribution in [0.1, 0.15) is 65.1 Å². The molecule has 2 saturated heterocycles. The van der Waals surface area contributed by atoms with Crippen LogP contribution >= 0.6 is 0 Å². The molecule has 3 N–H and O–H groups in total. The number of rotatable bonds is 8. The summed E-state index contributed by atoms with van der Waals surface area (Å²) in [6, 6.07) is 6.29. The summed E-state index contributed by atoms with van der Waals surface area (Å²) in [5.74, 6) is 0.108. The normalized spacial score (nSPS) is 24.4. The lowest BCUT2D eigenvalue weighted by Crippen LogP contribution is -2.35. The van der Waals surface area contributed by atoms with Crippen LogP contribution in [0.25, 0.3) is 22.2 Å². The number of H-pyrrole nitrogens is 1. The number of imidazole rings is 2. The van der Waals surface area contributed by atoms with E-state index < -0.39 is 40.2 Å². The summed E-state index contributed by atoms with van der Waals surface area (Å²) in [6.07, 6.45) is 2.32. The molecule has 4 atom stereocenters. The Bertz CT molecular complexity index is 1690. The molecule has 0 bridgehead atoms. The van der Waals surface area contributed by atoms with Crippen molar-refractivity contribution in [2.75, 3.05) is 17.2 Å². The highest BCUT2D eigenvalue weighted by Gasteiger charge is 2.56. The number of nitrogens with zero attached hydrogens (tertiary/aromatic N) is 5. The van der Waals surface area contributed by atoms with Gasteiger partial charge in [0.25, 0.3) is 0 Å². The lowest BCUT2D eigenvalue weighted by Gasteiger charge is -2.24. The predicted molar refractivity (Wildman–Crippen MR) is 154 cm³/mol. The second kappa shape index (κ2) is 10.0. The molecule has 1 aromatic carbocycles. The Labute approximate surface area is 238 Å². The van der Waals surface area contributed by atoms with Crippen molar-refractivity contribution >= 4 is 37.9 Å². The summed E-state index contributed by atoms with van der Waals surface area (Å²) < 4.78 is 46.7. The molecule has 13 heteroatoms. The molecule has 0 unspecified atom stereocenters. The van der Waals surface area contributed by atoms with Crippen LogP contribution in [0.2, 0.25) is 0 Å². The monoisotopic (exact) mass is 583 g/mol. The average Bonchev–Trinajstić information content (AvgIpc) is 3.63. The van der Waals surface area contributed by atoms with E-state index in [2.05, 4.69) is 57.8 Å². The number of aromatic amines is 1. The minimum absolute atomic E-state index is 0.0470. The van der Waals surface area contributed by atoms with Crippen molar-refractivity contribution in [3.8, 4) is 0 Å². The number of ether oxygens (including phenoxy) is 3. The van der Waals surface area contributed by atoms with E-state index in [1.807, 2.05) is 19.9 Å². The third kappa shape index (κ3) is 5.55. The minimum atomic E-state index is -3.45. The first-order valence-corrected chi connectivity index (χ1v) is 15.8. The Morgan fingerprint density at radius 2 is 1.88 bits per heavy atom. The standard InChI is InChI=1S/C28H37N7O5S/c1-27(2,3)16-9-10-17-18(12-16)34-20(33-17)8-6-7-11-41(36,37)13-19-22-23(40-28(4,5)39-22)26(38-19)35-15-32-21-24(29)30-14-31-25(21)35/h9-10,12,14-15,19,22-23,26H,6-8,11,13H2,1-5H3,(H,33,34)(H2,29,30,31)/t19-,22-,23+,26-/m1/s1. The SMILES string of the molecule is CC1(C)O[C@H]2[C@H](O1)[C@@H](CS(=O)(=O)CCCCc1nc3ccc(C(C)(C)C)cc3[nH]1)O[C@H]2n1cnc2c(N)ncnc21. The van der Waals surface area contributed by atoms with Gasteiger partial charge in [-0.15, -0.1) is 0 Å². The van der Waals surface area contributed by atoms with Gasteiger partial charge in [-0.2, -0.15) is 0 Å². The molecule has 0 aliphatic carbocycles. The first-order chi connectivity index (χ1) is 19.3. The number of anilines is 1. The van der Waals surface area contributed by atoms with E-state index in [4.69, 9.17) is 19.9 Å². The number of hydrogen-bond donors (Lipinski definition) is 2. The summed E-state index contributed by atoms with van der Waals surface area (Å²) >= 11 is 0. The number of nitrogen functional groups attached to an aromatic ring is 1. The van der Waals surface area contributed by atoms with Crippen LogP contribution in [0.15, 0.2) is 30.9 Å². The largest absolute Gasteiger partial charge is 0.382 e. The molecule has 41 heavy (non-hydrogen) atoms. The lowest BCUT2D eigenvalue weighted by atomic mass is 9.87. The third-order valence-corrected chi connectivity index (χ3v) is 9.47. The molecule has 2 aliphatic rings. The molecule has 2 fully saturated rings. The number of unbranched alkanes of at least 4 members (excludes halogenated alkanes) is 1. The molecular formula is C28H37N7O5S. The van der Waals surface area contributed by atoms with Crippen molar-refractivity contribution in [1.82, 2.24) is 29.5 Å².